The fraction of sp³-hybridized carbons (Fsp3) is 0.600. The smallest absolute Gasteiger partial charge is 0.159 e. The first-order valence-corrected chi connectivity index (χ1v) is 8.34. The van der Waals surface area contributed by atoms with Gasteiger partial charge in [-0.1, -0.05) is 50.6 Å². The Kier molecular flexibility index (Phi) is 4.89. The van der Waals surface area contributed by atoms with Crippen molar-refractivity contribution in [2.45, 2.75) is 59.8 Å². The maximum Gasteiger partial charge on any atom is 0.159 e. The molecule has 2 nitrogen and oxygen atoms in total. The zero-order chi connectivity index (χ0) is 16.5. The van der Waals surface area contributed by atoms with Gasteiger partial charge >= 0.3 is 0 Å². The van der Waals surface area contributed by atoms with Crippen LogP contribution in [0.25, 0.3) is 0 Å². The lowest BCUT2D eigenvalue weighted by molar-refractivity contribution is -0.121. The Bertz CT molecular complexity index is 562. The number of ketones is 2. The molecule has 120 valence electrons. The van der Waals surface area contributed by atoms with Crippen molar-refractivity contribution in [3.05, 3.63) is 35.5 Å². The summed E-state index contributed by atoms with van der Waals surface area (Å²) in [5.74, 6) is 0.673. The molecule has 0 aliphatic heterocycles. The monoisotopic (exact) mass is 300 g/mol. The van der Waals surface area contributed by atoms with Crippen LogP contribution in [0.2, 0.25) is 0 Å². The molecular formula is C20H28O2. The molecule has 1 fully saturated rings. The molecule has 0 aromatic heterocycles. The molecule has 1 saturated carbocycles. The van der Waals surface area contributed by atoms with Gasteiger partial charge in [0.05, 0.1) is 0 Å². The van der Waals surface area contributed by atoms with Gasteiger partial charge in [0.25, 0.3) is 0 Å². The van der Waals surface area contributed by atoms with Gasteiger partial charge in [0.2, 0.25) is 0 Å². The normalized spacial score (nSPS) is 35.5. The van der Waals surface area contributed by atoms with Gasteiger partial charge in [-0.05, 0) is 37.7 Å². The van der Waals surface area contributed by atoms with Crippen molar-refractivity contribution in [1.29, 1.82) is 0 Å². The molecule has 22 heavy (non-hydrogen) atoms. The van der Waals surface area contributed by atoms with Gasteiger partial charge in [0.1, 0.15) is 5.78 Å². The largest absolute Gasteiger partial charge is 0.299 e. The Morgan fingerprint density at radius 3 is 2.55 bits per heavy atom. The lowest BCUT2D eigenvalue weighted by atomic mass is 9.75. The molecule has 2 atom stereocenters. The fourth-order valence-electron chi connectivity index (χ4n) is 3.88. The summed E-state index contributed by atoms with van der Waals surface area (Å²) in [7, 11) is 0. The first kappa shape index (κ1) is 16.9. The molecule has 0 aromatic rings. The van der Waals surface area contributed by atoms with Crippen LogP contribution in [0, 0.1) is 17.3 Å². The van der Waals surface area contributed by atoms with Crippen LogP contribution < -0.4 is 0 Å². The number of allylic oxidation sites excluding steroid dienone is 5. The highest BCUT2D eigenvalue weighted by Gasteiger charge is 2.47. The van der Waals surface area contributed by atoms with Crippen LogP contribution >= 0.6 is 0 Å². The standard InChI is InChI=1S/C20H28O2/c1-13(2)19-16-10-9-14(3)7-6-8-15(4)17(21)11-20(16,5)12-18(19)22/h7,10,13,19H,4,6,8-9,11-12H2,1-3,5H3/b14-7+,16-10-/t19-,20+/m1/s1. The zero-order valence-electron chi connectivity index (χ0n) is 14.4. The molecular weight excluding hydrogens is 272 g/mol. The average molecular weight is 300 g/mol. The van der Waals surface area contributed by atoms with E-state index in [1.807, 2.05) is 0 Å². The van der Waals surface area contributed by atoms with Gasteiger partial charge in [0.15, 0.2) is 5.78 Å². The van der Waals surface area contributed by atoms with Gasteiger partial charge in [-0.25, -0.2) is 0 Å². The second-order valence-electron chi connectivity index (χ2n) is 7.58. The predicted octanol–water partition coefficient (Wildman–Crippen LogP) is 4.81. The van der Waals surface area contributed by atoms with E-state index in [1.165, 1.54) is 11.1 Å². The SMILES string of the molecule is C=C1CC/C=C(\C)C/C=C2/[C@@H](C(C)C)C(=O)C[C@]2(C)CC1=O. The van der Waals surface area contributed by atoms with Crippen LogP contribution in [0.5, 0.6) is 0 Å². The van der Waals surface area contributed by atoms with Crippen LogP contribution in [0.4, 0.5) is 0 Å². The Balaban J connectivity index is 2.46. The Labute approximate surface area is 134 Å². The van der Waals surface area contributed by atoms with E-state index in [9.17, 15) is 9.59 Å². The maximum atomic E-state index is 12.5. The van der Waals surface area contributed by atoms with Crippen molar-refractivity contribution in [3.8, 4) is 0 Å². The second kappa shape index (κ2) is 6.36. The highest BCUT2D eigenvalue weighted by atomic mass is 16.1. The highest BCUT2D eigenvalue weighted by Crippen LogP contribution is 2.50. The van der Waals surface area contributed by atoms with E-state index in [0.29, 0.717) is 24.2 Å². The lowest BCUT2D eigenvalue weighted by Crippen LogP contribution is -2.22. The fourth-order valence-corrected chi connectivity index (χ4v) is 3.88. The van der Waals surface area contributed by atoms with E-state index in [1.54, 1.807) is 0 Å². The third-order valence-electron chi connectivity index (χ3n) is 5.14. The predicted molar refractivity (Wildman–Crippen MR) is 90.5 cm³/mol. The summed E-state index contributed by atoms with van der Waals surface area (Å²) in [5.41, 5.74) is 2.87. The quantitative estimate of drug-likeness (QED) is 0.514. The van der Waals surface area contributed by atoms with Crippen LogP contribution in [0.15, 0.2) is 35.5 Å². The van der Waals surface area contributed by atoms with Gasteiger partial charge in [-0.2, -0.15) is 0 Å². The first-order chi connectivity index (χ1) is 10.2. The summed E-state index contributed by atoms with van der Waals surface area (Å²) < 4.78 is 0. The van der Waals surface area contributed by atoms with Crippen LogP contribution in [-0.4, -0.2) is 11.6 Å². The van der Waals surface area contributed by atoms with Crippen molar-refractivity contribution < 1.29 is 9.59 Å². The molecule has 0 unspecified atom stereocenters. The summed E-state index contributed by atoms with van der Waals surface area (Å²) >= 11 is 0. The molecule has 0 heterocycles. The molecule has 2 heteroatoms. The Morgan fingerprint density at radius 2 is 1.91 bits per heavy atom. The van der Waals surface area contributed by atoms with E-state index < -0.39 is 0 Å². The third-order valence-corrected chi connectivity index (χ3v) is 5.14. The summed E-state index contributed by atoms with van der Waals surface area (Å²) in [6.07, 6.45) is 7.81. The van der Waals surface area contributed by atoms with Gasteiger partial charge < -0.3 is 0 Å². The molecule has 0 N–H and O–H groups in total. The number of Topliss-reactive ketones (excluding diaryl/α,β-unsaturated/α-hetero) is 2. The number of hydrogen-bond acceptors (Lipinski definition) is 2. The molecule has 0 spiro atoms. The molecule has 2 aliphatic rings. The van der Waals surface area contributed by atoms with Crippen LogP contribution in [-0.2, 0) is 9.59 Å². The topological polar surface area (TPSA) is 34.1 Å². The summed E-state index contributed by atoms with van der Waals surface area (Å²) in [4.78, 5) is 25.0. The van der Waals surface area contributed by atoms with Crippen molar-refractivity contribution in [2.75, 3.05) is 0 Å². The first-order valence-electron chi connectivity index (χ1n) is 8.34. The minimum Gasteiger partial charge on any atom is -0.299 e. The second-order valence-corrected chi connectivity index (χ2v) is 7.58. The summed E-state index contributed by atoms with van der Waals surface area (Å²) in [6, 6.07) is 0. The molecule has 0 amide bonds. The number of carbonyl (C=O) groups is 2. The molecule has 0 bridgehead atoms. The number of carbonyl (C=O) groups excluding carboxylic acids is 2. The zero-order valence-corrected chi connectivity index (χ0v) is 14.4. The lowest BCUT2D eigenvalue weighted by Gasteiger charge is -2.28. The van der Waals surface area contributed by atoms with E-state index in [0.717, 1.165) is 19.3 Å². The van der Waals surface area contributed by atoms with Crippen LogP contribution in [0.3, 0.4) is 0 Å². The minimum absolute atomic E-state index is 0.0281. The Hall–Kier alpha value is -1.44. The van der Waals surface area contributed by atoms with Crippen molar-refractivity contribution in [1.82, 2.24) is 0 Å². The molecule has 0 radical (unpaired) electrons. The third kappa shape index (κ3) is 3.31. The Morgan fingerprint density at radius 1 is 1.23 bits per heavy atom. The van der Waals surface area contributed by atoms with Crippen LogP contribution in [0.1, 0.15) is 59.8 Å². The molecule has 0 saturated heterocycles. The summed E-state index contributed by atoms with van der Waals surface area (Å²) in [6.45, 7) is 12.4. The number of rotatable bonds is 1. The van der Waals surface area contributed by atoms with Crippen molar-refractivity contribution in [2.24, 2.45) is 17.3 Å². The van der Waals surface area contributed by atoms with E-state index in [2.05, 4.69) is 46.4 Å². The number of fused-ring (bicyclic) bond motifs is 1. The average Bonchev–Trinajstić information content (AvgIpc) is 2.65. The number of hydrogen-bond donors (Lipinski definition) is 0. The van der Waals surface area contributed by atoms with Gasteiger partial charge in [-0.15, -0.1) is 0 Å². The molecule has 0 aromatic carbocycles. The minimum atomic E-state index is -0.323. The highest BCUT2D eigenvalue weighted by molar-refractivity contribution is 5.97. The summed E-state index contributed by atoms with van der Waals surface area (Å²) in [5, 5.41) is 0. The van der Waals surface area contributed by atoms with Crippen molar-refractivity contribution in [3.63, 3.8) is 0 Å². The van der Waals surface area contributed by atoms with Gasteiger partial charge in [0, 0.05) is 24.2 Å². The van der Waals surface area contributed by atoms with E-state index in [4.69, 9.17) is 0 Å². The van der Waals surface area contributed by atoms with E-state index >= 15 is 0 Å². The van der Waals surface area contributed by atoms with E-state index in [-0.39, 0.29) is 23.0 Å². The molecule has 2 rings (SSSR count). The van der Waals surface area contributed by atoms with Gasteiger partial charge in [-0.3, -0.25) is 9.59 Å². The molecule has 2 aliphatic carbocycles. The van der Waals surface area contributed by atoms with Crippen molar-refractivity contribution >= 4 is 11.6 Å². The maximum absolute atomic E-state index is 12.5.